The zero-order valence-electron chi connectivity index (χ0n) is 9.34. The van der Waals surface area contributed by atoms with Crippen molar-refractivity contribution in [2.24, 2.45) is 0 Å². The molecule has 0 fully saturated rings. The summed E-state index contributed by atoms with van der Waals surface area (Å²) in [6, 6.07) is 9.94. The fourth-order valence-electron chi connectivity index (χ4n) is 1.65. The number of aromatic nitrogens is 2. The number of thiophene rings is 1. The predicted molar refractivity (Wildman–Crippen MR) is 78.4 cm³/mol. The third kappa shape index (κ3) is 2.51. The van der Waals surface area contributed by atoms with Gasteiger partial charge in [-0.3, -0.25) is 0 Å². The summed E-state index contributed by atoms with van der Waals surface area (Å²) in [5.41, 5.74) is 2.22. The lowest BCUT2D eigenvalue weighted by molar-refractivity contribution is 1.11. The van der Waals surface area contributed by atoms with Gasteiger partial charge in [0.05, 0.1) is 10.2 Å². The van der Waals surface area contributed by atoms with Crippen LogP contribution in [0.2, 0.25) is 5.02 Å². The number of halogens is 1. The third-order valence-electron chi connectivity index (χ3n) is 2.48. The van der Waals surface area contributed by atoms with E-state index in [9.17, 15) is 0 Å². The van der Waals surface area contributed by atoms with Crippen LogP contribution in [0.3, 0.4) is 0 Å². The van der Waals surface area contributed by atoms with Crippen LogP contribution in [0.5, 0.6) is 0 Å². The van der Waals surface area contributed by atoms with Crippen molar-refractivity contribution in [2.45, 2.75) is 10.8 Å². The van der Waals surface area contributed by atoms with Crippen LogP contribution in [0.4, 0.5) is 0 Å². The summed E-state index contributed by atoms with van der Waals surface area (Å²) < 4.78 is 1.16. The van der Waals surface area contributed by atoms with Crippen LogP contribution in [-0.4, -0.2) is 9.97 Å². The van der Waals surface area contributed by atoms with E-state index < -0.39 is 0 Å². The molecule has 0 radical (unpaired) electrons. The summed E-state index contributed by atoms with van der Waals surface area (Å²) in [6.07, 6.45) is 1.62. The maximum absolute atomic E-state index is 5.97. The van der Waals surface area contributed by atoms with Gasteiger partial charge >= 0.3 is 0 Å². The summed E-state index contributed by atoms with van der Waals surface area (Å²) in [5, 5.41) is 3.86. The highest BCUT2D eigenvalue weighted by Gasteiger charge is 2.05. The highest BCUT2D eigenvalue weighted by Crippen LogP contribution is 2.30. The maximum atomic E-state index is 5.97. The first-order valence-corrected chi connectivity index (χ1v) is 7.63. The maximum Gasteiger partial charge on any atom is 0.118 e. The van der Waals surface area contributed by atoms with Gasteiger partial charge in [-0.05, 0) is 29.1 Å². The van der Waals surface area contributed by atoms with Crippen molar-refractivity contribution in [1.29, 1.82) is 0 Å². The van der Waals surface area contributed by atoms with E-state index in [1.807, 2.05) is 29.6 Å². The minimum absolute atomic E-state index is 0.775. The topological polar surface area (TPSA) is 25.8 Å². The minimum atomic E-state index is 0.775. The van der Waals surface area contributed by atoms with Crippen molar-refractivity contribution < 1.29 is 0 Å². The molecule has 18 heavy (non-hydrogen) atoms. The Labute approximate surface area is 118 Å². The van der Waals surface area contributed by atoms with Gasteiger partial charge in [-0.25, -0.2) is 9.97 Å². The Morgan fingerprint density at radius 3 is 3.06 bits per heavy atom. The van der Waals surface area contributed by atoms with Crippen LogP contribution in [0, 0.1) is 0 Å². The number of rotatable bonds is 3. The SMILES string of the molecule is Clc1cccc(CSc2ncnc3ccsc23)c1. The van der Waals surface area contributed by atoms with Crippen molar-refractivity contribution in [2.75, 3.05) is 0 Å². The Balaban J connectivity index is 1.83. The van der Waals surface area contributed by atoms with Crippen LogP contribution >= 0.6 is 34.7 Å². The molecular weight excluding hydrogens is 284 g/mol. The van der Waals surface area contributed by atoms with Crippen molar-refractivity contribution in [3.8, 4) is 0 Å². The Morgan fingerprint density at radius 2 is 2.17 bits per heavy atom. The van der Waals surface area contributed by atoms with Crippen molar-refractivity contribution in [3.63, 3.8) is 0 Å². The molecule has 3 aromatic rings. The van der Waals surface area contributed by atoms with E-state index in [2.05, 4.69) is 16.0 Å². The second-order valence-electron chi connectivity index (χ2n) is 3.73. The molecule has 5 heteroatoms. The van der Waals surface area contributed by atoms with Gasteiger partial charge in [0.2, 0.25) is 0 Å². The lowest BCUT2D eigenvalue weighted by Crippen LogP contribution is -1.85. The number of benzene rings is 1. The average molecular weight is 293 g/mol. The number of fused-ring (bicyclic) bond motifs is 1. The second kappa shape index (κ2) is 5.26. The van der Waals surface area contributed by atoms with Crippen molar-refractivity contribution in [1.82, 2.24) is 9.97 Å². The molecule has 0 aliphatic rings. The van der Waals surface area contributed by atoms with Gasteiger partial charge in [-0.2, -0.15) is 0 Å². The standard InChI is InChI=1S/C13H9ClN2S2/c14-10-3-1-2-9(6-10)7-18-13-12-11(4-5-17-12)15-8-16-13/h1-6,8H,7H2. The quantitative estimate of drug-likeness (QED) is 0.520. The molecule has 0 amide bonds. The molecule has 0 aliphatic carbocycles. The van der Waals surface area contributed by atoms with Gasteiger partial charge in [-0.15, -0.1) is 23.1 Å². The van der Waals surface area contributed by atoms with E-state index in [-0.39, 0.29) is 0 Å². The molecule has 2 aromatic heterocycles. The van der Waals surface area contributed by atoms with Crippen LogP contribution < -0.4 is 0 Å². The lowest BCUT2D eigenvalue weighted by atomic mass is 10.2. The zero-order valence-corrected chi connectivity index (χ0v) is 11.7. The summed E-state index contributed by atoms with van der Waals surface area (Å²) in [6.45, 7) is 0. The van der Waals surface area contributed by atoms with Crippen LogP contribution in [0.15, 0.2) is 47.1 Å². The molecule has 90 valence electrons. The highest BCUT2D eigenvalue weighted by atomic mass is 35.5. The molecule has 0 unspecified atom stereocenters. The summed E-state index contributed by atoms with van der Waals surface area (Å²) >= 11 is 9.37. The first-order valence-electron chi connectivity index (χ1n) is 5.38. The smallest absolute Gasteiger partial charge is 0.118 e. The second-order valence-corrected chi connectivity index (χ2v) is 6.05. The van der Waals surface area contributed by atoms with Gasteiger partial charge in [0.15, 0.2) is 0 Å². The number of nitrogens with zero attached hydrogens (tertiary/aromatic N) is 2. The monoisotopic (exact) mass is 292 g/mol. The molecule has 0 spiro atoms. The molecule has 0 N–H and O–H groups in total. The molecule has 0 aliphatic heterocycles. The van der Waals surface area contributed by atoms with Gasteiger partial charge in [-0.1, -0.05) is 23.7 Å². The first-order chi connectivity index (χ1) is 8.83. The number of hydrogen-bond donors (Lipinski definition) is 0. The normalized spacial score (nSPS) is 10.9. The van der Waals surface area contributed by atoms with Crippen LogP contribution in [0.1, 0.15) is 5.56 Å². The fraction of sp³-hybridized carbons (Fsp3) is 0.0769. The van der Waals surface area contributed by atoms with E-state index in [0.29, 0.717) is 0 Å². The number of thioether (sulfide) groups is 1. The van der Waals surface area contributed by atoms with Gasteiger partial charge in [0.25, 0.3) is 0 Å². The van der Waals surface area contributed by atoms with E-state index >= 15 is 0 Å². The summed E-state index contributed by atoms with van der Waals surface area (Å²) in [7, 11) is 0. The van der Waals surface area contributed by atoms with Crippen LogP contribution in [-0.2, 0) is 5.75 Å². The Bertz CT molecular complexity index is 681. The zero-order chi connectivity index (χ0) is 12.4. The molecule has 0 saturated carbocycles. The number of hydrogen-bond acceptors (Lipinski definition) is 4. The molecule has 2 heterocycles. The molecule has 0 bridgehead atoms. The fourth-order valence-corrected chi connectivity index (χ4v) is 3.75. The predicted octanol–water partition coefficient (Wildman–Crippen LogP) is 4.64. The van der Waals surface area contributed by atoms with Crippen molar-refractivity contribution >= 4 is 44.9 Å². The Hall–Kier alpha value is -1.10. The average Bonchev–Trinajstić information content (AvgIpc) is 2.85. The highest BCUT2D eigenvalue weighted by molar-refractivity contribution is 7.98. The molecular formula is C13H9ClN2S2. The first kappa shape index (κ1) is 12.0. The van der Waals surface area contributed by atoms with Gasteiger partial charge in [0.1, 0.15) is 11.4 Å². The lowest BCUT2D eigenvalue weighted by Gasteiger charge is -2.02. The molecule has 2 nitrogen and oxygen atoms in total. The van der Waals surface area contributed by atoms with Crippen molar-refractivity contribution in [3.05, 3.63) is 52.6 Å². The van der Waals surface area contributed by atoms with E-state index in [1.54, 1.807) is 29.4 Å². The van der Waals surface area contributed by atoms with E-state index in [0.717, 1.165) is 26.0 Å². The van der Waals surface area contributed by atoms with Crippen LogP contribution in [0.25, 0.3) is 10.2 Å². The summed E-state index contributed by atoms with van der Waals surface area (Å²) in [4.78, 5) is 8.58. The summed E-state index contributed by atoms with van der Waals surface area (Å²) in [5.74, 6) is 0.866. The minimum Gasteiger partial charge on any atom is -0.235 e. The van der Waals surface area contributed by atoms with E-state index in [1.165, 1.54) is 5.56 Å². The largest absolute Gasteiger partial charge is 0.235 e. The molecule has 0 atom stereocenters. The van der Waals surface area contributed by atoms with Gasteiger partial charge in [0, 0.05) is 10.8 Å². The van der Waals surface area contributed by atoms with Gasteiger partial charge < -0.3 is 0 Å². The molecule has 1 aromatic carbocycles. The Kier molecular flexibility index (Phi) is 3.50. The molecule has 3 rings (SSSR count). The molecule has 0 saturated heterocycles. The Morgan fingerprint density at radius 1 is 1.22 bits per heavy atom. The third-order valence-corrected chi connectivity index (χ3v) is 4.81. The van der Waals surface area contributed by atoms with E-state index in [4.69, 9.17) is 11.6 Å².